The van der Waals surface area contributed by atoms with Crippen molar-refractivity contribution >= 4 is 121 Å². The zero-order valence-corrected chi connectivity index (χ0v) is 53.4. The Morgan fingerprint density at radius 1 is 0.756 bits per heavy atom. The van der Waals surface area contributed by atoms with Gasteiger partial charge in [-0.3, -0.25) is 30.4 Å². The van der Waals surface area contributed by atoms with E-state index >= 15 is 0 Å². The van der Waals surface area contributed by atoms with E-state index in [0.717, 1.165) is 23.6 Å². The molecule has 3 aromatic heterocycles. The van der Waals surface area contributed by atoms with Crippen molar-refractivity contribution in [3.05, 3.63) is 136 Å². The zero-order valence-electron chi connectivity index (χ0n) is 41.9. The van der Waals surface area contributed by atoms with Crippen molar-refractivity contribution in [1.82, 2.24) is 40.1 Å². The summed E-state index contributed by atoms with van der Waals surface area (Å²) in [4.78, 5) is 70.3. The van der Waals surface area contributed by atoms with Crippen molar-refractivity contribution in [2.75, 3.05) is 61.4 Å². The number of esters is 1. The molecule has 34 heteroatoms. The first-order valence-electron chi connectivity index (χ1n) is 21.3. The van der Waals surface area contributed by atoms with Gasteiger partial charge in [-0.05, 0) is 103 Å². The second-order valence-electron chi connectivity index (χ2n) is 13.6. The number of hydrogen-bond acceptors (Lipinski definition) is 21. The number of nitrogens with zero attached hydrogens (tertiary/aromatic N) is 6. The van der Waals surface area contributed by atoms with Gasteiger partial charge < -0.3 is 60.4 Å². The summed E-state index contributed by atoms with van der Waals surface area (Å²) in [5.74, 6) is 2.90. The van der Waals surface area contributed by atoms with E-state index in [9.17, 15) is 33.9 Å². The number of carbonyl (C=O) groups is 3. The SMILES string of the molecule is CO.COc1cnn(CCO)c(=O)c1-c1ccc(C[C@H](NC(=O)c2c(Cl)cccc2Cl)C(=O)O)cc1.COc1cnn(CCO)c(=O)c1Br.C[O-].NNCCO.O=C1OC(O)C(Br)=C1Br.O=c1c(Br)c(Br)cnn1CCO.[Na+]. The first kappa shape index (κ1) is 76.5. The third kappa shape index (κ3) is 24.7. The molecule has 1 amide bonds. The smallest absolute Gasteiger partial charge is 0.857 e. The van der Waals surface area contributed by atoms with Gasteiger partial charge in [0.05, 0.1) is 109 Å². The molecule has 1 aliphatic rings. The Bertz CT molecular complexity index is 2850. The number of rotatable bonds is 16. The molecular weight excluding hydrogens is 1420 g/mol. The van der Waals surface area contributed by atoms with Crippen LogP contribution in [-0.2, 0) is 40.4 Å². The Hall–Kier alpha value is -3.55. The Balaban J connectivity index is 0. The second kappa shape index (κ2) is 42.3. The molecule has 6 rings (SSSR count). The number of nitrogens with two attached hydrogens (primary N) is 1. The summed E-state index contributed by atoms with van der Waals surface area (Å²) in [5, 5.41) is 82.1. The fourth-order valence-electron chi connectivity index (χ4n) is 5.36. The summed E-state index contributed by atoms with van der Waals surface area (Å²) in [5.41, 5.74) is 2.65. The van der Waals surface area contributed by atoms with Gasteiger partial charge in [0, 0.05) is 20.1 Å². The van der Waals surface area contributed by atoms with Crippen molar-refractivity contribution < 1.29 is 99.0 Å². The van der Waals surface area contributed by atoms with Gasteiger partial charge in [0.25, 0.3) is 22.6 Å². The van der Waals surface area contributed by atoms with Crippen LogP contribution in [-0.4, -0.2) is 157 Å². The van der Waals surface area contributed by atoms with Crippen molar-refractivity contribution in [2.24, 2.45) is 5.84 Å². The van der Waals surface area contributed by atoms with Crippen LogP contribution in [0.2, 0.25) is 10.0 Å². The number of benzene rings is 2. The number of cyclic esters (lactones) is 1. The molecule has 0 radical (unpaired) electrons. The van der Waals surface area contributed by atoms with Crippen LogP contribution in [0.25, 0.3) is 11.1 Å². The third-order valence-corrected chi connectivity index (χ3v) is 14.2. The van der Waals surface area contributed by atoms with Crippen LogP contribution in [0.1, 0.15) is 15.9 Å². The number of amides is 1. The number of carboxylic acid groups (broad SMARTS) is 1. The van der Waals surface area contributed by atoms with Crippen molar-refractivity contribution in [3.63, 3.8) is 0 Å². The fraction of sp³-hybridized carbons (Fsp3) is 0.341. The molecule has 26 nitrogen and oxygen atoms in total. The number of aliphatic carboxylic acids is 1. The quantitative estimate of drug-likeness (QED) is 0.0228. The maximum atomic E-state index is 12.8. The van der Waals surface area contributed by atoms with Crippen LogP contribution in [0, 0.1) is 0 Å². The third-order valence-electron chi connectivity index (χ3n) is 8.84. The number of hydrogen-bond donors (Lipinski definition) is 10. The standard InChI is InChI=1S/C23H21Cl2N3O6.C7H9BrN2O3.C6H6Br2N2O2.C4H2Br2O3.C2H8N2O.CH4O.CH3O.Na/c1-34-18-12-26-28(9-10-29)22(31)19(18)14-7-5-13(6-8-14)11-17(23(32)33)27-21(30)20-15(24)3-2-4-16(20)25;1-13-5-4-9-10(2-3-11)7(12)6(5)8;7-4-3-9-10(1-2-11)6(12)5(4)8;5-1-2(6)4(8)9-3(1)7;3-4-1-2-5;2*1-2;/h2-8,12,17,29H,9-11H2,1H3,(H,27,30)(H,32,33);4,11H,2-3H2,1H3;3,11H,1-2H2;3,7H;4-5H,1-3H2;2H,1H3;1H3;/q;;;;;;-1;+1/t17-;;;;;;;/m0......./s1. The van der Waals surface area contributed by atoms with Gasteiger partial charge in [0.1, 0.15) is 19.5 Å². The largest absolute Gasteiger partial charge is 1.00 e. The Morgan fingerprint density at radius 3 is 1.60 bits per heavy atom. The Labute approximate surface area is 519 Å². The molecule has 1 aliphatic heterocycles. The van der Waals surface area contributed by atoms with Gasteiger partial charge in [0.15, 0.2) is 11.5 Å². The predicted molar refractivity (Wildman–Crippen MR) is 298 cm³/mol. The minimum atomic E-state index is -1.25. The molecule has 0 bridgehead atoms. The molecule has 11 N–H and O–H groups in total. The van der Waals surface area contributed by atoms with Gasteiger partial charge in [0.2, 0.25) is 6.29 Å². The maximum Gasteiger partial charge on any atom is 1.00 e. The fourth-order valence-corrected chi connectivity index (χ4v) is 7.51. The normalized spacial score (nSPS) is 12.1. The number of carboxylic acids is 1. The van der Waals surface area contributed by atoms with E-state index in [-0.39, 0.29) is 125 Å². The molecule has 5 aromatic rings. The number of aliphatic hydroxyl groups excluding tert-OH is 6. The first-order valence-corrected chi connectivity index (χ1v) is 26.0. The van der Waals surface area contributed by atoms with Gasteiger partial charge in [-0.25, -0.2) is 23.6 Å². The zero-order chi connectivity index (χ0) is 58.9. The number of aliphatic hydroxyl groups is 6. The number of ether oxygens (including phenoxy) is 3. The number of methoxy groups -OCH3 is 2. The van der Waals surface area contributed by atoms with E-state index in [1.807, 2.05) is 0 Å². The van der Waals surface area contributed by atoms with E-state index in [2.05, 4.69) is 110 Å². The van der Waals surface area contributed by atoms with Crippen LogP contribution in [0.3, 0.4) is 0 Å². The summed E-state index contributed by atoms with van der Waals surface area (Å²) in [6.45, 7) is 0.540. The molecule has 426 valence electrons. The first-order chi connectivity index (χ1) is 36.7. The van der Waals surface area contributed by atoms with Crippen LogP contribution in [0.4, 0.5) is 0 Å². The van der Waals surface area contributed by atoms with Crippen LogP contribution in [0.15, 0.2) is 97.8 Å². The average molecular weight is 1470 g/mol. The number of carbonyl (C=O) groups excluding carboxylic acids is 2. The minimum Gasteiger partial charge on any atom is -0.857 e. The maximum absolute atomic E-state index is 12.8. The van der Waals surface area contributed by atoms with Gasteiger partial charge in [-0.2, -0.15) is 22.4 Å². The molecule has 2 atom stereocenters. The summed E-state index contributed by atoms with van der Waals surface area (Å²) in [6.07, 6.45) is 3.15. The van der Waals surface area contributed by atoms with Crippen LogP contribution < -0.4 is 77.4 Å². The monoisotopic (exact) mass is 1470 g/mol. The van der Waals surface area contributed by atoms with Crippen LogP contribution in [0.5, 0.6) is 11.5 Å². The summed E-state index contributed by atoms with van der Waals surface area (Å²) < 4.78 is 19.9. The summed E-state index contributed by atoms with van der Waals surface area (Å²) in [7, 11) is 4.62. The molecule has 1 unspecified atom stereocenters. The average Bonchev–Trinajstić information content (AvgIpc) is 3.64. The van der Waals surface area contributed by atoms with E-state index in [1.165, 1.54) is 49.6 Å². The number of nitrogens with one attached hydrogen (secondary N) is 2. The van der Waals surface area contributed by atoms with Crippen LogP contribution >= 0.6 is 103 Å². The van der Waals surface area contributed by atoms with Crippen molar-refractivity contribution in [1.29, 1.82) is 0 Å². The summed E-state index contributed by atoms with van der Waals surface area (Å²) in [6, 6.07) is 9.88. The Kier molecular flexibility index (Phi) is 41.5. The molecule has 78 heavy (non-hydrogen) atoms. The molecule has 0 spiro atoms. The van der Waals surface area contributed by atoms with Gasteiger partial charge >= 0.3 is 41.5 Å². The molecule has 2 aromatic carbocycles. The van der Waals surface area contributed by atoms with E-state index in [4.69, 9.17) is 74.3 Å². The molecule has 4 heterocycles. The van der Waals surface area contributed by atoms with Crippen molar-refractivity contribution in [2.45, 2.75) is 38.4 Å². The van der Waals surface area contributed by atoms with E-state index in [1.54, 1.807) is 30.3 Å². The second-order valence-corrected chi connectivity index (χ2v) is 18.5. The number of hydrazine groups is 1. The number of halogens is 7. The molecule has 0 saturated heterocycles. The van der Waals surface area contributed by atoms with Gasteiger partial charge in [-0.1, -0.05) is 53.5 Å². The molecule has 0 saturated carbocycles. The minimum absolute atomic E-state index is 0. The van der Waals surface area contributed by atoms with E-state index in [0.29, 0.717) is 41.3 Å². The Morgan fingerprint density at radius 2 is 1.22 bits per heavy atom. The van der Waals surface area contributed by atoms with Crippen molar-refractivity contribution in [3.8, 4) is 22.6 Å². The molecule has 0 aliphatic carbocycles. The summed E-state index contributed by atoms with van der Waals surface area (Å²) >= 11 is 27.3. The molecule has 0 fully saturated rings. The number of aromatic nitrogens is 6. The van der Waals surface area contributed by atoms with Gasteiger partial charge in [-0.15, -0.1) is 0 Å². The van der Waals surface area contributed by atoms with E-state index < -0.39 is 35.7 Å². The molecular formula is C44H53Br5Cl2N9NaO17. The predicted octanol–water partition coefficient (Wildman–Crippen LogP) is -1.69. The topological polar surface area (TPSA) is 398 Å².